The summed E-state index contributed by atoms with van der Waals surface area (Å²) in [5.41, 5.74) is 0.605. The van der Waals surface area contributed by atoms with Gasteiger partial charge in [-0.1, -0.05) is 48.0 Å². The molecule has 0 atom stereocenters. The van der Waals surface area contributed by atoms with Gasteiger partial charge in [0.2, 0.25) is 5.75 Å². The first-order valence-electron chi connectivity index (χ1n) is 5.96. The fraction of sp³-hybridized carbons (Fsp3) is 0.0667. The van der Waals surface area contributed by atoms with Gasteiger partial charge in [-0.05, 0) is 25.1 Å². The van der Waals surface area contributed by atoms with Gasteiger partial charge in [-0.15, -0.1) is 0 Å². The van der Waals surface area contributed by atoms with E-state index in [0.717, 1.165) is 5.56 Å². The molecule has 0 fully saturated rings. The van der Waals surface area contributed by atoms with Crippen LogP contribution in [0.2, 0.25) is 5.02 Å². The molecule has 20 heavy (non-hydrogen) atoms. The molecule has 2 aromatic carbocycles. The van der Waals surface area contributed by atoms with Crippen LogP contribution in [0.4, 0.5) is 5.69 Å². The van der Waals surface area contributed by atoms with Crippen molar-refractivity contribution in [1.82, 2.24) is 0 Å². The van der Waals surface area contributed by atoms with Gasteiger partial charge < -0.3 is 4.74 Å². The van der Waals surface area contributed by atoms with Crippen LogP contribution in [0.25, 0.3) is 6.08 Å². The average Bonchev–Trinajstić information content (AvgIpc) is 2.41. The minimum absolute atomic E-state index is 0.0519. The number of benzene rings is 2. The van der Waals surface area contributed by atoms with E-state index in [0.29, 0.717) is 5.75 Å². The average molecular weight is 290 g/mol. The molecule has 0 aromatic heterocycles. The van der Waals surface area contributed by atoms with Crippen LogP contribution in [0, 0.1) is 10.1 Å². The fourth-order valence-corrected chi connectivity index (χ4v) is 2.00. The summed E-state index contributed by atoms with van der Waals surface area (Å²) >= 11 is 5.86. The third-order valence-corrected chi connectivity index (χ3v) is 2.92. The van der Waals surface area contributed by atoms with Crippen LogP contribution >= 0.6 is 11.6 Å². The number of nitrogens with zero attached hydrogens (tertiary/aromatic N) is 1. The first-order valence-corrected chi connectivity index (χ1v) is 6.33. The van der Waals surface area contributed by atoms with Gasteiger partial charge in [0, 0.05) is 5.56 Å². The topological polar surface area (TPSA) is 52.4 Å². The smallest absolute Gasteiger partial charge is 0.329 e. The quantitative estimate of drug-likeness (QED) is 0.583. The predicted molar refractivity (Wildman–Crippen MR) is 79.3 cm³/mol. The number of allylic oxidation sites excluding steroid dienone is 1. The summed E-state index contributed by atoms with van der Waals surface area (Å²) in [6, 6.07) is 11.9. The van der Waals surface area contributed by atoms with Crippen LogP contribution in [0.5, 0.6) is 11.5 Å². The lowest BCUT2D eigenvalue weighted by Gasteiger charge is -2.09. The third-order valence-electron chi connectivity index (χ3n) is 2.62. The Morgan fingerprint density at radius 3 is 2.55 bits per heavy atom. The molecule has 102 valence electrons. The van der Waals surface area contributed by atoms with E-state index in [1.807, 2.05) is 31.2 Å². The van der Waals surface area contributed by atoms with E-state index in [-0.39, 0.29) is 16.5 Å². The molecular formula is C15H12ClNO3. The Hall–Kier alpha value is -2.33. The van der Waals surface area contributed by atoms with Crippen molar-refractivity contribution in [2.45, 2.75) is 6.92 Å². The predicted octanol–water partition coefficient (Wildman–Crippen LogP) is 5.07. The van der Waals surface area contributed by atoms with Crippen molar-refractivity contribution < 1.29 is 9.66 Å². The summed E-state index contributed by atoms with van der Waals surface area (Å²) in [6.45, 7) is 1.89. The monoisotopic (exact) mass is 289 g/mol. The van der Waals surface area contributed by atoms with Crippen LogP contribution in [0.1, 0.15) is 12.5 Å². The molecule has 2 rings (SSSR count). The van der Waals surface area contributed by atoms with E-state index < -0.39 is 4.92 Å². The van der Waals surface area contributed by atoms with E-state index in [4.69, 9.17) is 16.3 Å². The zero-order valence-electron chi connectivity index (χ0n) is 10.7. The molecular weight excluding hydrogens is 278 g/mol. The molecule has 0 aliphatic heterocycles. The Morgan fingerprint density at radius 1 is 1.15 bits per heavy atom. The van der Waals surface area contributed by atoms with Gasteiger partial charge >= 0.3 is 5.69 Å². The van der Waals surface area contributed by atoms with Crippen LogP contribution in [0.15, 0.2) is 48.5 Å². The largest absolute Gasteiger partial charge is 0.449 e. The summed E-state index contributed by atoms with van der Waals surface area (Å²) in [4.78, 5) is 10.5. The lowest BCUT2D eigenvalue weighted by molar-refractivity contribution is -0.385. The second kappa shape index (κ2) is 6.21. The molecule has 0 N–H and O–H groups in total. The van der Waals surface area contributed by atoms with Gasteiger partial charge in [0.1, 0.15) is 10.8 Å². The lowest BCUT2D eigenvalue weighted by Crippen LogP contribution is -1.95. The molecule has 0 spiro atoms. The number of para-hydroxylation sites is 2. The molecule has 0 aliphatic rings. The maximum atomic E-state index is 11.1. The standard InChI is InChI=1S/C15H12ClNO3/c1-2-6-11-7-3-4-9-13(11)20-14-10-5-8-12(16)15(14)17(18)19/h2-10H,1H3/b6-2+. The number of ether oxygens (including phenoxy) is 1. The van der Waals surface area contributed by atoms with Crippen molar-refractivity contribution >= 4 is 23.4 Å². The molecule has 0 unspecified atom stereocenters. The van der Waals surface area contributed by atoms with Crippen LogP contribution in [-0.2, 0) is 0 Å². The number of rotatable bonds is 4. The molecule has 5 heteroatoms. The van der Waals surface area contributed by atoms with Crippen LogP contribution in [-0.4, -0.2) is 4.92 Å². The second-order valence-electron chi connectivity index (χ2n) is 3.98. The Morgan fingerprint density at radius 2 is 1.85 bits per heavy atom. The zero-order valence-corrected chi connectivity index (χ0v) is 11.5. The highest BCUT2D eigenvalue weighted by molar-refractivity contribution is 6.32. The van der Waals surface area contributed by atoms with Gasteiger partial charge in [0.25, 0.3) is 0 Å². The molecule has 0 saturated heterocycles. The van der Waals surface area contributed by atoms with E-state index >= 15 is 0 Å². The van der Waals surface area contributed by atoms with Crippen LogP contribution in [0.3, 0.4) is 0 Å². The summed E-state index contributed by atoms with van der Waals surface area (Å²) in [7, 11) is 0. The fourth-order valence-electron chi connectivity index (χ4n) is 1.76. The zero-order chi connectivity index (χ0) is 14.5. The van der Waals surface area contributed by atoms with Crippen LogP contribution < -0.4 is 4.74 Å². The maximum absolute atomic E-state index is 11.1. The van der Waals surface area contributed by atoms with Crippen molar-refractivity contribution in [3.63, 3.8) is 0 Å². The summed E-state index contributed by atoms with van der Waals surface area (Å²) in [5.74, 6) is 0.662. The number of nitro groups is 1. The minimum atomic E-state index is -0.546. The molecule has 2 aromatic rings. The van der Waals surface area contributed by atoms with Gasteiger partial charge in [0.15, 0.2) is 0 Å². The lowest BCUT2D eigenvalue weighted by atomic mass is 10.2. The number of nitro benzene ring substituents is 1. The van der Waals surface area contributed by atoms with Crippen molar-refractivity contribution in [1.29, 1.82) is 0 Å². The first kappa shape index (κ1) is 14.1. The highest BCUT2D eigenvalue weighted by atomic mass is 35.5. The van der Waals surface area contributed by atoms with E-state index in [1.165, 1.54) is 12.1 Å². The molecule has 0 saturated carbocycles. The van der Waals surface area contributed by atoms with Crippen molar-refractivity contribution in [2.24, 2.45) is 0 Å². The Balaban J connectivity index is 2.46. The summed E-state index contributed by atoms with van der Waals surface area (Å²) < 4.78 is 5.66. The second-order valence-corrected chi connectivity index (χ2v) is 4.39. The van der Waals surface area contributed by atoms with Gasteiger partial charge in [-0.25, -0.2) is 0 Å². The summed E-state index contributed by atoms with van der Waals surface area (Å²) in [6.07, 6.45) is 3.74. The number of hydrogen-bond donors (Lipinski definition) is 0. The van der Waals surface area contributed by atoms with Crippen molar-refractivity contribution in [2.75, 3.05) is 0 Å². The first-order chi connectivity index (χ1) is 9.63. The Labute approximate surface area is 121 Å². The SMILES string of the molecule is C/C=C/c1ccccc1Oc1cccc(Cl)c1[N+](=O)[O-]. The Bertz CT molecular complexity index is 668. The number of hydrogen-bond acceptors (Lipinski definition) is 3. The van der Waals surface area contributed by atoms with E-state index in [2.05, 4.69) is 0 Å². The minimum Gasteiger partial charge on any atom is -0.449 e. The molecule has 0 bridgehead atoms. The molecule has 0 radical (unpaired) electrons. The van der Waals surface area contributed by atoms with E-state index in [1.54, 1.807) is 18.2 Å². The normalized spacial score (nSPS) is 10.7. The van der Waals surface area contributed by atoms with Gasteiger partial charge in [-0.2, -0.15) is 0 Å². The highest BCUT2D eigenvalue weighted by Gasteiger charge is 2.20. The third kappa shape index (κ3) is 2.97. The molecule has 0 amide bonds. The van der Waals surface area contributed by atoms with Crippen molar-refractivity contribution in [3.05, 3.63) is 69.2 Å². The maximum Gasteiger partial charge on any atom is 0.329 e. The molecule has 4 nitrogen and oxygen atoms in total. The molecule has 0 aliphatic carbocycles. The van der Waals surface area contributed by atoms with Gasteiger partial charge in [0.05, 0.1) is 4.92 Å². The van der Waals surface area contributed by atoms with Gasteiger partial charge in [-0.3, -0.25) is 10.1 Å². The van der Waals surface area contributed by atoms with Crippen molar-refractivity contribution in [3.8, 4) is 11.5 Å². The highest BCUT2D eigenvalue weighted by Crippen LogP contribution is 2.37. The molecule has 0 heterocycles. The Kier molecular flexibility index (Phi) is 4.38. The van der Waals surface area contributed by atoms with E-state index in [9.17, 15) is 10.1 Å². The summed E-state index contributed by atoms with van der Waals surface area (Å²) in [5, 5.41) is 11.1. The number of halogens is 1.